The summed E-state index contributed by atoms with van der Waals surface area (Å²) >= 11 is 0. The fraction of sp³-hybridized carbons (Fsp3) is 0.263. The summed E-state index contributed by atoms with van der Waals surface area (Å²) in [6.45, 7) is 1.96. The zero-order valence-electron chi connectivity index (χ0n) is 14.1. The minimum absolute atomic E-state index is 0.0353. The van der Waals surface area contributed by atoms with Crippen LogP contribution in [0.2, 0.25) is 0 Å². The Balaban J connectivity index is 1.78. The van der Waals surface area contributed by atoms with E-state index in [-0.39, 0.29) is 12.2 Å². The van der Waals surface area contributed by atoms with Crippen LogP contribution in [0.4, 0.5) is 14.5 Å². The van der Waals surface area contributed by atoms with E-state index in [0.717, 1.165) is 36.4 Å². The molecule has 134 valence electrons. The maximum Gasteiger partial charge on any atom is 0.243 e. The number of carbonyl (C=O) groups is 1. The van der Waals surface area contributed by atoms with E-state index in [9.17, 15) is 18.8 Å². The topological polar surface area (TPSA) is 68.2 Å². The molecular formula is C19H18F2N4O. The molecule has 2 aliphatic rings. The first-order valence-corrected chi connectivity index (χ1v) is 8.29. The van der Waals surface area contributed by atoms with Crippen LogP contribution in [0.5, 0.6) is 0 Å². The van der Waals surface area contributed by atoms with Crippen molar-refractivity contribution in [2.24, 2.45) is 0 Å². The van der Waals surface area contributed by atoms with Crippen molar-refractivity contribution in [1.29, 1.82) is 5.26 Å². The molecule has 0 radical (unpaired) electrons. The van der Waals surface area contributed by atoms with Crippen molar-refractivity contribution < 1.29 is 13.6 Å². The van der Waals surface area contributed by atoms with Crippen molar-refractivity contribution in [2.75, 3.05) is 31.5 Å². The Morgan fingerprint density at radius 2 is 2.23 bits per heavy atom. The van der Waals surface area contributed by atoms with Gasteiger partial charge in [0.1, 0.15) is 17.7 Å². The molecule has 7 heteroatoms. The number of benzene rings is 1. The van der Waals surface area contributed by atoms with Gasteiger partial charge in [0.25, 0.3) is 0 Å². The number of rotatable bonds is 4. The summed E-state index contributed by atoms with van der Waals surface area (Å²) in [7, 11) is 0. The molecule has 2 aliphatic heterocycles. The van der Waals surface area contributed by atoms with Gasteiger partial charge in [-0.05, 0) is 36.7 Å². The molecule has 0 unspecified atom stereocenters. The van der Waals surface area contributed by atoms with Gasteiger partial charge >= 0.3 is 0 Å². The lowest BCUT2D eigenvalue weighted by molar-refractivity contribution is -0.116. The highest BCUT2D eigenvalue weighted by Gasteiger charge is 2.23. The van der Waals surface area contributed by atoms with Crippen molar-refractivity contribution in [3.05, 3.63) is 64.9 Å². The number of nitrogens with one attached hydrogen (secondary N) is 2. The van der Waals surface area contributed by atoms with Crippen molar-refractivity contribution in [1.82, 2.24) is 10.2 Å². The van der Waals surface area contributed by atoms with Crippen LogP contribution in [0, 0.1) is 23.0 Å². The monoisotopic (exact) mass is 356 g/mol. The van der Waals surface area contributed by atoms with Crippen LogP contribution < -0.4 is 10.6 Å². The van der Waals surface area contributed by atoms with Gasteiger partial charge in [-0.15, -0.1) is 0 Å². The van der Waals surface area contributed by atoms with Crippen molar-refractivity contribution in [3.8, 4) is 6.07 Å². The third kappa shape index (κ3) is 3.98. The largest absolute Gasteiger partial charge is 0.357 e. The Labute approximate surface area is 150 Å². The molecule has 1 aromatic rings. The number of carbonyl (C=O) groups excluding carboxylic acids is 1. The highest BCUT2D eigenvalue weighted by atomic mass is 19.1. The van der Waals surface area contributed by atoms with Gasteiger partial charge in [0.2, 0.25) is 5.91 Å². The van der Waals surface area contributed by atoms with Crippen LogP contribution in [0.1, 0.15) is 6.42 Å². The number of anilines is 1. The fourth-order valence-corrected chi connectivity index (χ4v) is 3.04. The van der Waals surface area contributed by atoms with E-state index < -0.39 is 17.5 Å². The van der Waals surface area contributed by atoms with Gasteiger partial charge in [-0.1, -0.05) is 12.2 Å². The number of hydrogen-bond acceptors (Lipinski definition) is 4. The molecule has 5 nitrogen and oxygen atoms in total. The van der Waals surface area contributed by atoms with E-state index in [2.05, 4.69) is 16.7 Å². The van der Waals surface area contributed by atoms with Gasteiger partial charge in [-0.3, -0.25) is 4.79 Å². The molecule has 1 amide bonds. The predicted octanol–water partition coefficient (Wildman–Crippen LogP) is 2.47. The average Bonchev–Trinajstić information content (AvgIpc) is 2.64. The van der Waals surface area contributed by atoms with Gasteiger partial charge in [0, 0.05) is 19.2 Å². The van der Waals surface area contributed by atoms with Crippen LogP contribution >= 0.6 is 0 Å². The molecule has 0 aliphatic carbocycles. The summed E-state index contributed by atoms with van der Waals surface area (Å²) < 4.78 is 26.7. The van der Waals surface area contributed by atoms with Gasteiger partial charge in [0.05, 0.1) is 23.5 Å². The first-order valence-electron chi connectivity index (χ1n) is 8.29. The molecular weight excluding hydrogens is 338 g/mol. The number of allylic oxidation sites excluding steroid dienone is 3. The zero-order chi connectivity index (χ0) is 18.5. The summed E-state index contributed by atoms with van der Waals surface area (Å²) in [5, 5.41) is 15.1. The highest BCUT2D eigenvalue weighted by Crippen LogP contribution is 2.27. The third-order valence-electron chi connectivity index (χ3n) is 4.21. The summed E-state index contributed by atoms with van der Waals surface area (Å²) in [5.41, 5.74) is 2.19. The van der Waals surface area contributed by atoms with Crippen LogP contribution in [0.15, 0.2) is 53.3 Å². The van der Waals surface area contributed by atoms with Gasteiger partial charge in [-0.2, -0.15) is 5.26 Å². The van der Waals surface area contributed by atoms with Gasteiger partial charge in [0.15, 0.2) is 0 Å². The minimum Gasteiger partial charge on any atom is -0.357 e. The lowest BCUT2D eigenvalue weighted by Gasteiger charge is -2.31. The van der Waals surface area contributed by atoms with Crippen LogP contribution in [-0.2, 0) is 4.79 Å². The van der Waals surface area contributed by atoms with Crippen molar-refractivity contribution >= 4 is 11.6 Å². The maximum atomic E-state index is 13.7. The molecule has 26 heavy (non-hydrogen) atoms. The molecule has 0 fully saturated rings. The molecule has 0 aromatic heterocycles. The smallest absolute Gasteiger partial charge is 0.243 e. The number of nitrogens with zero attached hydrogens (tertiary/aromatic N) is 2. The summed E-state index contributed by atoms with van der Waals surface area (Å²) in [6.07, 6.45) is 6.35. The van der Waals surface area contributed by atoms with E-state index in [1.54, 1.807) is 11.0 Å². The summed E-state index contributed by atoms with van der Waals surface area (Å²) in [5.74, 6) is -1.97. The summed E-state index contributed by atoms with van der Waals surface area (Å²) in [4.78, 5) is 14.2. The number of amides is 1. The minimum atomic E-state index is -0.827. The highest BCUT2D eigenvalue weighted by molar-refractivity contribution is 5.92. The first-order chi connectivity index (χ1) is 12.6. The molecule has 3 rings (SSSR count). The first kappa shape index (κ1) is 17.8. The van der Waals surface area contributed by atoms with Crippen molar-refractivity contribution in [2.45, 2.75) is 6.42 Å². The number of nitriles is 1. The Hall–Kier alpha value is -2.98. The number of hydrogen-bond donors (Lipinski definition) is 2. The van der Waals surface area contributed by atoms with E-state index in [1.807, 2.05) is 12.2 Å². The van der Waals surface area contributed by atoms with Crippen molar-refractivity contribution in [3.63, 3.8) is 0 Å². The SMILES string of the molecule is N#CC1=C(C2=CCNCC2)N(CC(=O)Nc2ccc(F)cc2F)CC=C1. The lowest BCUT2D eigenvalue weighted by atomic mass is 9.98. The zero-order valence-corrected chi connectivity index (χ0v) is 14.1. The Kier molecular flexibility index (Phi) is 5.44. The lowest BCUT2D eigenvalue weighted by Crippen LogP contribution is -2.36. The molecule has 0 spiro atoms. The third-order valence-corrected chi connectivity index (χ3v) is 4.21. The molecule has 0 atom stereocenters. The Morgan fingerprint density at radius 3 is 2.92 bits per heavy atom. The fourth-order valence-electron chi connectivity index (χ4n) is 3.04. The summed E-state index contributed by atoms with van der Waals surface area (Å²) in [6, 6.07) is 5.17. The molecule has 0 bridgehead atoms. The van der Waals surface area contributed by atoms with Crippen LogP contribution in [0.25, 0.3) is 0 Å². The second-order valence-electron chi connectivity index (χ2n) is 6.01. The Bertz CT molecular complexity index is 852. The molecule has 0 saturated carbocycles. The average molecular weight is 356 g/mol. The molecule has 1 aromatic carbocycles. The predicted molar refractivity (Wildman–Crippen MR) is 93.9 cm³/mol. The second kappa shape index (κ2) is 7.93. The number of halogens is 2. The van der Waals surface area contributed by atoms with E-state index >= 15 is 0 Å². The van der Waals surface area contributed by atoms with E-state index in [4.69, 9.17) is 0 Å². The molecule has 2 heterocycles. The second-order valence-corrected chi connectivity index (χ2v) is 6.01. The van der Waals surface area contributed by atoms with E-state index in [1.165, 1.54) is 6.07 Å². The normalized spacial score (nSPS) is 17.0. The van der Waals surface area contributed by atoms with Crippen LogP contribution in [-0.4, -0.2) is 37.0 Å². The van der Waals surface area contributed by atoms with Gasteiger partial charge < -0.3 is 15.5 Å². The standard InChI is InChI=1S/C19H18F2N4O/c20-15-3-4-17(16(21)10-15)24-18(26)12-25-9-1-2-14(11-22)19(25)13-5-7-23-8-6-13/h1-5,10,23H,6-9,12H2,(H,24,26). The Morgan fingerprint density at radius 1 is 1.38 bits per heavy atom. The quantitative estimate of drug-likeness (QED) is 0.870. The van der Waals surface area contributed by atoms with Crippen LogP contribution in [0.3, 0.4) is 0 Å². The van der Waals surface area contributed by atoms with E-state index in [0.29, 0.717) is 18.7 Å². The van der Waals surface area contributed by atoms with Gasteiger partial charge in [-0.25, -0.2) is 8.78 Å². The molecule has 0 saturated heterocycles. The maximum absolute atomic E-state index is 13.7. The molecule has 2 N–H and O–H groups in total.